The number of pyridine rings is 1. The van der Waals surface area contributed by atoms with Crippen LogP contribution >= 0.6 is 11.8 Å². The molecule has 0 atom stereocenters. The second kappa shape index (κ2) is 6.03. The molecule has 1 N–H and O–H groups in total. The lowest BCUT2D eigenvalue weighted by molar-refractivity contribution is -0.113. The number of hydrogen-bond donors (Lipinski definition) is 1. The number of anilines is 1. The normalized spacial score (nSPS) is 9.94. The molecule has 0 saturated heterocycles. The van der Waals surface area contributed by atoms with Gasteiger partial charge in [0, 0.05) is 5.39 Å². The monoisotopic (exact) mass is 257 g/mol. The largest absolute Gasteiger partial charge is 0.310 e. The first kappa shape index (κ1) is 12.4. The van der Waals surface area contributed by atoms with Crippen LogP contribution < -0.4 is 5.32 Å². The standard InChI is InChI=1S/C13H11N3OS/c14-7-8-18-9-13(17)16-12-6-5-10-3-1-2-4-11(10)15-12/h1-6H,8-9H2,(H,15,16,17). The number of nitrogens with one attached hydrogen (secondary N) is 1. The molecule has 5 heteroatoms. The lowest BCUT2D eigenvalue weighted by Crippen LogP contribution is -2.15. The zero-order valence-electron chi connectivity index (χ0n) is 9.59. The van der Waals surface area contributed by atoms with Crippen molar-refractivity contribution in [1.82, 2.24) is 4.98 Å². The number of nitrogens with zero attached hydrogens (tertiary/aromatic N) is 2. The molecule has 90 valence electrons. The molecule has 1 amide bonds. The van der Waals surface area contributed by atoms with Crippen LogP contribution in [0.3, 0.4) is 0 Å². The Morgan fingerprint density at radius 1 is 1.33 bits per heavy atom. The molecule has 0 aliphatic heterocycles. The first-order chi connectivity index (χ1) is 8.79. The van der Waals surface area contributed by atoms with Crippen molar-refractivity contribution in [1.29, 1.82) is 5.26 Å². The predicted octanol–water partition coefficient (Wildman–Crippen LogP) is 2.43. The number of nitriles is 1. The van der Waals surface area contributed by atoms with E-state index in [0.717, 1.165) is 10.9 Å². The van der Waals surface area contributed by atoms with E-state index in [9.17, 15) is 4.79 Å². The van der Waals surface area contributed by atoms with E-state index in [1.54, 1.807) is 6.07 Å². The van der Waals surface area contributed by atoms with Gasteiger partial charge >= 0.3 is 0 Å². The third kappa shape index (κ3) is 3.22. The van der Waals surface area contributed by atoms with Crippen LogP contribution in [0, 0.1) is 11.3 Å². The second-order valence-corrected chi connectivity index (χ2v) is 4.57. The molecule has 0 saturated carbocycles. The molecule has 4 nitrogen and oxygen atoms in total. The van der Waals surface area contributed by atoms with Crippen molar-refractivity contribution >= 4 is 34.4 Å². The van der Waals surface area contributed by atoms with E-state index < -0.39 is 0 Å². The summed E-state index contributed by atoms with van der Waals surface area (Å²) in [5.74, 6) is 0.981. The van der Waals surface area contributed by atoms with Crippen molar-refractivity contribution in [3.05, 3.63) is 36.4 Å². The number of carbonyl (C=O) groups is 1. The number of amides is 1. The summed E-state index contributed by atoms with van der Waals surface area (Å²) in [7, 11) is 0. The zero-order chi connectivity index (χ0) is 12.8. The van der Waals surface area contributed by atoms with Crippen LogP contribution in [-0.2, 0) is 4.79 Å². The highest BCUT2D eigenvalue weighted by Gasteiger charge is 2.04. The summed E-state index contributed by atoms with van der Waals surface area (Å²) < 4.78 is 0. The maximum atomic E-state index is 11.5. The van der Waals surface area contributed by atoms with Gasteiger partial charge in [-0.25, -0.2) is 4.98 Å². The van der Waals surface area contributed by atoms with Gasteiger partial charge in [0.1, 0.15) is 5.82 Å². The van der Waals surface area contributed by atoms with Gasteiger partial charge in [-0.1, -0.05) is 18.2 Å². The van der Waals surface area contributed by atoms with Gasteiger partial charge in [0.25, 0.3) is 0 Å². The van der Waals surface area contributed by atoms with Crippen molar-refractivity contribution in [2.45, 2.75) is 0 Å². The van der Waals surface area contributed by atoms with Crippen LogP contribution in [0.5, 0.6) is 0 Å². The maximum Gasteiger partial charge on any atom is 0.235 e. The lowest BCUT2D eigenvalue weighted by Gasteiger charge is -2.04. The van der Waals surface area contributed by atoms with Crippen LogP contribution in [0.2, 0.25) is 0 Å². The molecule has 0 spiro atoms. The molecule has 1 aromatic heterocycles. The number of carbonyl (C=O) groups excluding carboxylic acids is 1. The van der Waals surface area contributed by atoms with E-state index in [1.165, 1.54) is 11.8 Å². The highest BCUT2D eigenvalue weighted by atomic mass is 32.2. The summed E-state index contributed by atoms with van der Waals surface area (Å²) in [4.78, 5) is 15.9. The number of rotatable bonds is 4. The molecule has 0 unspecified atom stereocenters. The Kier molecular flexibility index (Phi) is 4.15. The fourth-order valence-electron chi connectivity index (χ4n) is 1.50. The van der Waals surface area contributed by atoms with Gasteiger partial charge in [0.2, 0.25) is 5.91 Å². The van der Waals surface area contributed by atoms with Crippen molar-refractivity contribution < 1.29 is 4.79 Å². The molecular formula is C13H11N3OS. The number of thioether (sulfide) groups is 1. The molecule has 18 heavy (non-hydrogen) atoms. The van der Waals surface area contributed by atoms with Gasteiger partial charge in [0.15, 0.2) is 0 Å². The Balaban J connectivity index is 2.03. The van der Waals surface area contributed by atoms with Crippen LogP contribution in [0.25, 0.3) is 10.9 Å². The van der Waals surface area contributed by atoms with E-state index >= 15 is 0 Å². The van der Waals surface area contributed by atoms with E-state index in [1.807, 2.05) is 36.4 Å². The summed E-state index contributed by atoms with van der Waals surface area (Å²) in [6.45, 7) is 0. The Hall–Kier alpha value is -2.06. The smallest absolute Gasteiger partial charge is 0.235 e. The quantitative estimate of drug-likeness (QED) is 0.854. The third-order valence-electron chi connectivity index (χ3n) is 2.27. The van der Waals surface area contributed by atoms with E-state index in [0.29, 0.717) is 11.6 Å². The van der Waals surface area contributed by atoms with Crippen LogP contribution in [0.15, 0.2) is 36.4 Å². The number of benzene rings is 1. The molecule has 1 heterocycles. The number of para-hydroxylation sites is 1. The SMILES string of the molecule is N#CCSCC(=O)Nc1ccc2ccccc2n1. The van der Waals surface area contributed by atoms with Crippen molar-refractivity contribution in [3.8, 4) is 6.07 Å². The average Bonchev–Trinajstić information content (AvgIpc) is 2.39. The van der Waals surface area contributed by atoms with Gasteiger partial charge in [-0.05, 0) is 18.2 Å². The number of hydrogen-bond acceptors (Lipinski definition) is 4. The first-order valence-corrected chi connectivity index (χ1v) is 6.55. The summed E-state index contributed by atoms with van der Waals surface area (Å²) >= 11 is 1.28. The van der Waals surface area contributed by atoms with Crippen molar-refractivity contribution in [2.75, 3.05) is 16.8 Å². The minimum atomic E-state index is -0.141. The number of fused-ring (bicyclic) bond motifs is 1. The molecule has 0 radical (unpaired) electrons. The molecule has 0 bridgehead atoms. The fraction of sp³-hybridized carbons (Fsp3) is 0.154. The summed E-state index contributed by atoms with van der Waals surface area (Å²) in [6, 6.07) is 13.4. The summed E-state index contributed by atoms with van der Waals surface area (Å²) in [5.41, 5.74) is 0.847. The van der Waals surface area contributed by atoms with Gasteiger partial charge in [0.05, 0.1) is 23.1 Å². The van der Waals surface area contributed by atoms with Crippen LogP contribution in [-0.4, -0.2) is 22.4 Å². The highest BCUT2D eigenvalue weighted by molar-refractivity contribution is 8.00. The van der Waals surface area contributed by atoms with Crippen LogP contribution in [0.1, 0.15) is 0 Å². The van der Waals surface area contributed by atoms with Crippen molar-refractivity contribution in [2.24, 2.45) is 0 Å². The molecule has 0 aliphatic rings. The van der Waals surface area contributed by atoms with Crippen molar-refractivity contribution in [3.63, 3.8) is 0 Å². The molecule has 0 aliphatic carbocycles. The first-order valence-electron chi connectivity index (χ1n) is 5.40. The number of aromatic nitrogens is 1. The third-order valence-corrected chi connectivity index (χ3v) is 3.07. The van der Waals surface area contributed by atoms with Gasteiger partial charge in [-0.2, -0.15) is 5.26 Å². The molecular weight excluding hydrogens is 246 g/mol. The predicted molar refractivity (Wildman–Crippen MR) is 73.3 cm³/mol. The Labute approximate surface area is 109 Å². The molecule has 1 aromatic carbocycles. The fourth-order valence-corrected chi connectivity index (χ4v) is 1.95. The molecule has 2 aromatic rings. The highest BCUT2D eigenvalue weighted by Crippen LogP contribution is 2.14. The summed E-state index contributed by atoms with van der Waals surface area (Å²) in [6.07, 6.45) is 0. The summed E-state index contributed by atoms with van der Waals surface area (Å²) in [5, 5.41) is 12.1. The molecule has 2 rings (SSSR count). The Morgan fingerprint density at radius 3 is 3.00 bits per heavy atom. The topological polar surface area (TPSA) is 65.8 Å². The minimum absolute atomic E-state index is 0.141. The maximum absolute atomic E-state index is 11.5. The molecule has 0 fully saturated rings. The Morgan fingerprint density at radius 2 is 2.17 bits per heavy atom. The second-order valence-electron chi connectivity index (χ2n) is 3.59. The van der Waals surface area contributed by atoms with E-state index in [2.05, 4.69) is 10.3 Å². The van der Waals surface area contributed by atoms with E-state index in [-0.39, 0.29) is 11.7 Å². The Bertz CT molecular complexity index is 606. The van der Waals surface area contributed by atoms with E-state index in [4.69, 9.17) is 5.26 Å². The average molecular weight is 257 g/mol. The lowest BCUT2D eigenvalue weighted by atomic mass is 10.2. The van der Waals surface area contributed by atoms with Gasteiger partial charge in [-0.15, -0.1) is 11.8 Å². The van der Waals surface area contributed by atoms with Gasteiger partial charge < -0.3 is 5.32 Å². The zero-order valence-corrected chi connectivity index (χ0v) is 10.4. The minimum Gasteiger partial charge on any atom is -0.310 e. The van der Waals surface area contributed by atoms with Gasteiger partial charge in [-0.3, -0.25) is 4.79 Å². The van der Waals surface area contributed by atoms with Crippen LogP contribution in [0.4, 0.5) is 5.82 Å².